The summed E-state index contributed by atoms with van der Waals surface area (Å²) >= 11 is 0.787. The number of aromatic nitrogens is 1. The summed E-state index contributed by atoms with van der Waals surface area (Å²) in [7, 11) is 0. The van der Waals surface area contributed by atoms with Crippen LogP contribution in [0.15, 0.2) is 53.3 Å². The highest BCUT2D eigenvalue weighted by Crippen LogP contribution is 2.36. The van der Waals surface area contributed by atoms with E-state index in [2.05, 4.69) is 48.2 Å². The molecule has 0 spiro atoms. The number of nitrogens with zero attached hydrogens (tertiary/aromatic N) is 3. The van der Waals surface area contributed by atoms with Crippen LogP contribution in [0, 0.1) is 11.3 Å². The minimum absolute atomic E-state index is 0.143. The lowest BCUT2D eigenvalue weighted by Gasteiger charge is -2.27. The predicted molar refractivity (Wildman–Crippen MR) is 157 cm³/mol. The SMILES string of the molecule is CCCCCCN1c2ccccc2CCc2cc(C=CC=c3sc(=C(C#N)C(=O)O)n(CC(=O)O)c3=O)ccc21. The molecule has 2 N–H and O–H groups in total. The lowest BCUT2D eigenvalue weighted by Crippen LogP contribution is -2.35. The third kappa shape index (κ3) is 6.41. The molecule has 0 amide bonds. The number of nitriles is 1. The molecule has 0 unspecified atom stereocenters. The maximum absolute atomic E-state index is 12.8. The Morgan fingerprint density at radius 3 is 2.52 bits per heavy atom. The monoisotopic (exact) mass is 557 g/mol. The summed E-state index contributed by atoms with van der Waals surface area (Å²) in [6, 6.07) is 16.4. The second-order valence-corrected chi connectivity index (χ2v) is 10.6. The van der Waals surface area contributed by atoms with Crippen LogP contribution in [0.2, 0.25) is 0 Å². The molecule has 0 bridgehead atoms. The molecule has 1 aliphatic heterocycles. The van der Waals surface area contributed by atoms with Gasteiger partial charge in [-0.25, -0.2) is 4.79 Å². The lowest BCUT2D eigenvalue weighted by molar-refractivity contribution is -0.138. The van der Waals surface area contributed by atoms with Crippen LogP contribution < -0.4 is 19.7 Å². The number of unbranched alkanes of at least 4 members (excludes halogenated alkanes) is 3. The Labute approximate surface area is 236 Å². The second-order valence-electron chi connectivity index (χ2n) is 9.60. The molecule has 2 aromatic carbocycles. The van der Waals surface area contributed by atoms with E-state index < -0.39 is 29.6 Å². The molecular weight excluding hydrogens is 526 g/mol. The normalized spacial score (nSPS) is 13.9. The van der Waals surface area contributed by atoms with Gasteiger partial charge in [-0.1, -0.05) is 62.6 Å². The summed E-state index contributed by atoms with van der Waals surface area (Å²) in [4.78, 5) is 38.0. The van der Waals surface area contributed by atoms with E-state index in [1.807, 2.05) is 12.1 Å². The number of thiazole rings is 1. The van der Waals surface area contributed by atoms with Gasteiger partial charge in [0.15, 0.2) is 5.57 Å². The van der Waals surface area contributed by atoms with Crippen molar-refractivity contribution in [3.05, 3.63) is 84.8 Å². The highest BCUT2D eigenvalue weighted by molar-refractivity contribution is 7.07. The molecule has 8 nitrogen and oxygen atoms in total. The van der Waals surface area contributed by atoms with Crippen LogP contribution in [0.1, 0.15) is 49.3 Å². The maximum atomic E-state index is 12.8. The molecule has 0 fully saturated rings. The minimum atomic E-state index is -1.52. The highest BCUT2D eigenvalue weighted by atomic mass is 32.1. The lowest BCUT2D eigenvalue weighted by atomic mass is 10.0. The molecule has 0 radical (unpaired) electrons. The molecule has 1 aromatic heterocycles. The Bertz CT molecular complexity index is 1680. The number of hydrogen-bond donors (Lipinski definition) is 2. The molecule has 0 aliphatic carbocycles. The van der Waals surface area contributed by atoms with Crippen LogP contribution in [0.4, 0.5) is 11.4 Å². The van der Waals surface area contributed by atoms with Gasteiger partial charge >= 0.3 is 11.9 Å². The van der Waals surface area contributed by atoms with Gasteiger partial charge in [0.2, 0.25) is 0 Å². The number of carboxylic acid groups (broad SMARTS) is 2. The Hall–Kier alpha value is -4.42. The van der Waals surface area contributed by atoms with E-state index in [9.17, 15) is 29.9 Å². The fourth-order valence-electron chi connectivity index (χ4n) is 4.93. The summed E-state index contributed by atoms with van der Waals surface area (Å²) in [5.74, 6) is -2.83. The van der Waals surface area contributed by atoms with Crippen molar-refractivity contribution in [1.29, 1.82) is 5.26 Å². The number of hydrogen-bond acceptors (Lipinski definition) is 6. The number of carboxylic acids is 2. The van der Waals surface area contributed by atoms with Gasteiger partial charge in [-0.3, -0.25) is 14.2 Å². The van der Waals surface area contributed by atoms with Crippen molar-refractivity contribution in [1.82, 2.24) is 4.57 Å². The molecule has 40 heavy (non-hydrogen) atoms. The van der Waals surface area contributed by atoms with Crippen molar-refractivity contribution in [3.63, 3.8) is 0 Å². The van der Waals surface area contributed by atoms with Crippen molar-refractivity contribution in [2.45, 2.75) is 52.0 Å². The summed E-state index contributed by atoms with van der Waals surface area (Å²) in [5.41, 5.74) is 4.67. The van der Waals surface area contributed by atoms with Crippen LogP contribution in [-0.4, -0.2) is 33.3 Å². The number of anilines is 2. The summed E-state index contributed by atoms with van der Waals surface area (Å²) in [6.07, 6.45) is 11.6. The molecule has 0 atom stereocenters. The van der Waals surface area contributed by atoms with Crippen molar-refractivity contribution in [3.8, 4) is 6.07 Å². The van der Waals surface area contributed by atoms with Gasteiger partial charge in [-0.2, -0.15) is 5.26 Å². The Morgan fingerprint density at radius 1 is 1.05 bits per heavy atom. The fourth-order valence-corrected chi connectivity index (χ4v) is 5.97. The zero-order valence-corrected chi connectivity index (χ0v) is 23.1. The first-order chi connectivity index (χ1) is 19.3. The number of carbonyl (C=O) groups is 2. The number of rotatable bonds is 10. The minimum Gasteiger partial charge on any atom is -0.480 e. The molecule has 3 aromatic rings. The molecule has 0 saturated carbocycles. The molecule has 1 aliphatic rings. The maximum Gasteiger partial charge on any atom is 0.349 e. The molecule has 2 heterocycles. The Morgan fingerprint density at radius 2 is 1.80 bits per heavy atom. The quantitative estimate of drug-likeness (QED) is 0.360. The Balaban J connectivity index is 1.68. The molecule has 206 valence electrons. The topological polar surface area (TPSA) is 124 Å². The number of allylic oxidation sites excluding steroid dienone is 1. The van der Waals surface area contributed by atoms with Crippen molar-refractivity contribution in [2.75, 3.05) is 11.4 Å². The van der Waals surface area contributed by atoms with E-state index >= 15 is 0 Å². The standard InChI is InChI=1S/C31H31N3O5S/c1-2-3-4-7-17-33-25-11-6-5-10-22(25)14-15-23-18-21(13-16-26(23)33)9-8-12-27-29(37)34(20-28(35)36)30(40-27)24(19-32)31(38)39/h5-6,8-13,16,18H,2-4,7,14-15,17,20H2,1H3,(H,35,36)(H,38,39). The van der Waals surface area contributed by atoms with Crippen LogP contribution >= 0.6 is 11.3 Å². The van der Waals surface area contributed by atoms with Crippen LogP contribution in [0.5, 0.6) is 0 Å². The van der Waals surface area contributed by atoms with Gasteiger partial charge in [-0.05, 0) is 60.2 Å². The average molecular weight is 558 g/mol. The van der Waals surface area contributed by atoms with Crippen LogP contribution in [0.25, 0.3) is 17.7 Å². The van der Waals surface area contributed by atoms with Crippen LogP contribution in [-0.2, 0) is 29.0 Å². The van der Waals surface area contributed by atoms with Gasteiger partial charge in [0.1, 0.15) is 17.3 Å². The van der Waals surface area contributed by atoms with E-state index in [0.717, 1.165) is 47.3 Å². The Kier molecular flexibility index (Phi) is 9.35. The van der Waals surface area contributed by atoms with Crippen molar-refractivity contribution in [2.24, 2.45) is 0 Å². The molecular formula is C31H31N3O5S. The summed E-state index contributed by atoms with van der Waals surface area (Å²) < 4.78 is 0.768. The van der Waals surface area contributed by atoms with Gasteiger partial charge < -0.3 is 15.1 Å². The third-order valence-electron chi connectivity index (χ3n) is 6.85. The van der Waals surface area contributed by atoms with Gasteiger partial charge in [0.25, 0.3) is 5.56 Å². The highest BCUT2D eigenvalue weighted by Gasteiger charge is 2.20. The smallest absolute Gasteiger partial charge is 0.349 e. The summed E-state index contributed by atoms with van der Waals surface area (Å²) in [5, 5.41) is 27.8. The number of benzene rings is 2. The molecule has 9 heteroatoms. The number of para-hydroxylation sites is 1. The first-order valence-electron chi connectivity index (χ1n) is 13.3. The number of aliphatic carboxylic acids is 2. The van der Waals surface area contributed by atoms with E-state index in [0.29, 0.717) is 0 Å². The average Bonchev–Trinajstić information content (AvgIpc) is 3.12. The first kappa shape index (κ1) is 28.6. The van der Waals surface area contributed by atoms with E-state index in [4.69, 9.17) is 0 Å². The van der Waals surface area contributed by atoms with Gasteiger partial charge in [0.05, 0.1) is 4.53 Å². The zero-order chi connectivity index (χ0) is 28.6. The molecule has 4 rings (SSSR count). The van der Waals surface area contributed by atoms with E-state index in [-0.39, 0.29) is 9.20 Å². The third-order valence-corrected chi connectivity index (χ3v) is 8.00. The van der Waals surface area contributed by atoms with Gasteiger partial charge in [0, 0.05) is 17.9 Å². The van der Waals surface area contributed by atoms with Gasteiger partial charge in [-0.15, -0.1) is 11.3 Å². The van der Waals surface area contributed by atoms with Crippen molar-refractivity contribution >= 4 is 52.4 Å². The van der Waals surface area contributed by atoms with E-state index in [1.165, 1.54) is 47.8 Å². The zero-order valence-electron chi connectivity index (χ0n) is 22.3. The summed E-state index contributed by atoms with van der Waals surface area (Å²) in [6.45, 7) is 2.43. The predicted octanol–water partition coefficient (Wildman–Crippen LogP) is 4.06. The van der Waals surface area contributed by atoms with Crippen LogP contribution in [0.3, 0.4) is 0 Å². The number of fused-ring (bicyclic) bond motifs is 2. The van der Waals surface area contributed by atoms with Crippen molar-refractivity contribution < 1.29 is 19.8 Å². The van der Waals surface area contributed by atoms with E-state index in [1.54, 1.807) is 12.1 Å². The number of aryl methyl sites for hydroxylation is 2. The molecule has 0 saturated heterocycles. The second kappa shape index (κ2) is 13.1. The fraction of sp³-hybridized carbons (Fsp3) is 0.290. The largest absolute Gasteiger partial charge is 0.480 e. The first-order valence-corrected chi connectivity index (χ1v) is 14.1.